The third kappa shape index (κ3) is 2.76. The summed E-state index contributed by atoms with van der Waals surface area (Å²) in [5, 5.41) is 11.8. The molecule has 0 aromatic heterocycles. The van der Waals surface area contributed by atoms with E-state index < -0.39 is 0 Å². The average Bonchev–Trinajstić information content (AvgIpc) is 2.54. The molecule has 0 spiro atoms. The Kier molecular flexibility index (Phi) is 3.98. The van der Waals surface area contributed by atoms with E-state index in [1.807, 2.05) is 6.07 Å². The maximum atomic E-state index is 12.4. The summed E-state index contributed by atoms with van der Waals surface area (Å²) in [7, 11) is 0. The van der Waals surface area contributed by atoms with E-state index in [1.54, 1.807) is 36.4 Å². The average molecular weight is 359 g/mol. The topological polar surface area (TPSA) is 71.4 Å². The van der Waals surface area contributed by atoms with Gasteiger partial charge in [0, 0.05) is 4.47 Å². The maximum Gasteiger partial charge on any atom is 0.256 e. The Morgan fingerprint density at radius 2 is 1.86 bits per heavy atom. The number of nitrogens with zero attached hydrogens (tertiary/aromatic N) is 1. The van der Waals surface area contributed by atoms with Crippen molar-refractivity contribution < 1.29 is 14.3 Å². The minimum absolute atomic E-state index is 0.327. The fourth-order valence-corrected chi connectivity index (χ4v) is 2.62. The standard InChI is InChI=1S/C16H11BrN2O3/c17-12-8-15-14(21-5-6-22-15)7-11(12)16(20)19-13-4-2-1-3-10(13)9-18/h1-4,7-8H,5-6H2,(H,19,20). The zero-order chi connectivity index (χ0) is 15.5. The van der Waals surface area contributed by atoms with Gasteiger partial charge >= 0.3 is 0 Å². The number of nitriles is 1. The maximum absolute atomic E-state index is 12.4. The predicted molar refractivity (Wildman–Crippen MR) is 84.2 cm³/mol. The molecule has 0 aliphatic carbocycles. The van der Waals surface area contributed by atoms with Crippen molar-refractivity contribution in [1.29, 1.82) is 5.26 Å². The molecule has 1 heterocycles. The summed E-state index contributed by atoms with van der Waals surface area (Å²) in [4.78, 5) is 12.4. The lowest BCUT2D eigenvalue weighted by Gasteiger charge is -2.19. The van der Waals surface area contributed by atoms with E-state index >= 15 is 0 Å². The third-order valence-electron chi connectivity index (χ3n) is 3.17. The highest BCUT2D eigenvalue weighted by atomic mass is 79.9. The van der Waals surface area contributed by atoms with Crippen LogP contribution in [0.5, 0.6) is 11.5 Å². The fraction of sp³-hybridized carbons (Fsp3) is 0.125. The number of para-hydroxylation sites is 1. The van der Waals surface area contributed by atoms with Crippen LogP contribution >= 0.6 is 15.9 Å². The molecule has 0 fully saturated rings. The van der Waals surface area contributed by atoms with E-state index in [0.717, 1.165) is 0 Å². The van der Waals surface area contributed by atoms with Crippen molar-refractivity contribution in [2.24, 2.45) is 0 Å². The fourth-order valence-electron chi connectivity index (χ4n) is 2.12. The summed E-state index contributed by atoms with van der Waals surface area (Å²) in [6.45, 7) is 0.938. The van der Waals surface area contributed by atoms with Crippen molar-refractivity contribution in [2.45, 2.75) is 0 Å². The SMILES string of the molecule is N#Cc1ccccc1NC(=O)c1cc2c(cc1Br)OCCO2. The lowest BCUT2D eigenvalue weighted by atomic mass is 10.1. The molecule has 2 aromatic carbocycles. The van der Waals surface area contributed by atoms with Gasteiger partial charge in [0.05, 0.1) is 16.8 Å². The van der Waals surface area contributed by atoms with E-state index in [9.17, 15) is 4.79 Å². The molecule has 0 saturated carbocycles. The van der Waals surface area contributed by atoms with E-state index in [0.29, 0.717) is 46.0 Å². The zero-order valence-electron chi connectivity index (χ0n) is 11.4. The lowest BCUT2D eigenvalue weighted by Crippen LogP contribution is -2.18. The van der Waals surface area contributed by atoms with Crippen LogP contribution in [0.3, 0.4) is 0 Å². The van der Waals surface area contributed by atoms with Gasteiger partial charge in [0.25, 0.3) is 5.91 Å². The van der Waals surface area contributed by atoms with Gasteiger partial charge in [-0.1, -0.05) is 12.1 Å². The first kappa shape index (κ1) is 14.4. The van der Waals surface area contributed by atoms with Crippen molar-refractivity contribution in [3.05, 3.63) is 52.0 Å². The van der Waals surface area contributed by atoms with Gasteiger partial charge in [-0.2, -0.15) is 5.26 Å². The Hall–Kier alpha value is -2.52. The van der Waals surface area contributed by atoms with Gasteiger partial charge in [0.2, 0.25) is 0 Å². The van der Waals surface area contributed by atoms with Gasteiger partial charge in [-0.15, -0.1) is 0 Å². The summed E-state index contributed by atoms with van der Waals surface area (Å²) < 4.78 is 11.6. The van der Waals surface area contributed by atoms with Crippen LogP contribution in [0, 0.1) is 11.3 Å². The smallest absolute Gasteiger partial charge is 0.256 e. The number of amides is 1. The molecule has 1 aliphatic rings. The Balaban J connectivity index is 1.91. The summed E-state index contributed by atoms with van der Waals surface area (Å²) in [5.74, 6) is 0.812. The van der Waals surface area contributed by atoms with Gasteiger partial charge in [-0.25, -0.2) is 0 Å². The molecule has 1 N–H and O–H groups in total. The molecular weight excluding hydrogens is 348 g/mol. The van der Waals surface area contributed by atoms with Gasteiger partial charge in [-0.05, 0) is 40.2 Å². The Labute approximate surface area is 135 Å². The number of benzene rings is 2. The highest BCUT2D eigenvalue weighted by Gasteiger charge is 2.19. The molecular formula is C16H11BrN2O3. The molecule has 0 unspecified atom stereocenters. The molecule has 0 bridgehead atoms. The van der Waals surface area contributed by atoms with Crippen LogP contribution in [0.15, 0.2) is 40.9 Å². The molecule has 2 aromatic rings. The number of fused-ring (bicyclic) bond motifs is 1. The normalized spacial score (nSPS) is 12.4. The van der Waals surface area contributed by atoms with Gasteiger partial charge < -0.3 is 14.8 Å². The molecule has 5 nitrogen and oxygen atoms in total. The largest absolute Gasteiger partial charge is 0.486 e. The van der Waals surface area contributed by atoms with Crippen LogP contribution in [0.1, 0.15) is 15.9 Å². The predicted octanol–water partition coefficient (Wildman–Crippen LogP) is 3.34. The van der Waals surface area contributed by atoms with Crippen LogP contribution < -0.4 is 14.8 Å². The van der Waals surface area contributed by atoms with Crippen LogP contribution in [0.4, 0.5) is 5.69 Å². The molecule has 22 heavy (non-hydrogen) atoms. The van der Waals surface area contributed by atoms with Crippen molar-refractivity contribution in [3.63, 3.8) is 0 Å². The quantitative estimate of drug-likeness (QED) is 0.893. The number of hydrogen-bond donors (Lipinski definition) is 1. The molecule has 0 radical (unpaired) electrons. The number of anilines is 1. The molecule has 1 amide bonds. The minimum atomic E-state index is -0.327. The number of hydrogen-bond acceptors (Lipinski definition) is 4. The number of ether oxygens (including phenoxy) is 2. The summed E-state index contributed by atoms with van der Waals surface area (Å²) in [5.41, 5.74) is 1.29. The summed E-state index contributed by atoms with van der Waals surface area (Å²) in [6, 6.07) is 12.2. The van der Waals surface area contributed by atoms with Crippen molar-refractivity contribution in [3.8, 4) is 17.6 Å². The highest BCUT2D eigenvalue weighted by Crippen LogP contribution is 2.35. The Morgan fingerprint density at radius 1 is 1.18 bits per heavy atom. The van der Waals surface area contributed by atoms with Crippen molar-refractivity contribution in [2.75, 3.05) is 18.5 Å². The molecule has 3 rings (SSSR count). The van der Waals surface area contributed by atoms with Gasteiger partial charge in [0.1, 0.15) is 19.3 Å². The Morgan fingerprint density at radius 3 is 2.59 bits per heavy atom. The number of halogens is 1. The molecule has 0 atom stereocenters. The summed E-state index contributed by atoms with van der Waals surface area (Å²) >= 11 is 3.36. The van der Waals surface area contributed by atoms with Crippen LogP contribution in [0.25, 0.3) is 0 Å². The second-order valence-corrected chi connectivity index (χ2v) is 5.44. The third-order valence-corrected chi connectivity index (χ3v) is 3.83. The van der Waals surface area contributed by atoms with E-state index in [-0.39, 0.29) is 5.91 Å². The Bertz CT molecular complexity index is 783. The molecule has 0 saturated heterocycles. The zero-order valence-corrected chi connectivity index (χ0v) is 13.0. The molecule has 1 aliphatic heterocycles. The molecule has 110 valence electrons. The highest BCUT2D eigenvalue weighted by molar-refractivity contribution is 9.10. The number of carbonyl (C=O) groups excluding carboxylic acids is 1. The number of rotatable bonds is 2. The van der Waals surface area contributed by atoms with E-state index in [1.165, 1.54) is 0 Å². The van der Waals surface area contributed by atoms with Crippen molar-refractivity contribution in [1.82, 2.24) is 0 Å². The van der Waals surface area contributed by atoms with Crippen molar-refractivity contribution >= 4 is 27.5 Å². The number of carbonyl (C=O) groups is 1. The van der Waals surface area contributed by atoms with Gasteiger partial charge in [-0.3, -0.25) is 4.79 Å². The van der Waals surface area contributed by atoms with Crippen LogP contribution in [0.2, 0.25) is 0 Å². The first-order valence-corrected chi connectivity index (χ1v) is 7.38. The first-order chi connectivity index (χ1) is 10.7. The first-order valence-electron chi connectivity index (χ1n) is 6.58. The second kappa shape index (κ2) is 6.08. The minimum Gasteiger partial charge on any atom is -0.486 e. The monoisotopic (exact) mass is 358 g/mol. The second-order valence-electron chi connectivity index (χ2n) is 4.59. The van der Waals surface area contributed by atoms with E-state index in [2.05, 4.69) is 21.2 Å². The lowest BCUT2D eigenvalue weighted by molar-refractivity contribution is 0.102. The van der Waals surface area contributed by atoms with Crippen LogP contribution in [-0.4, -0.2) is 19.1 Å². The summed E-state index contributed by atoms with van der Waals surface area (Å²) in [6.07, 6.45) is 0. The van der Waals surface area contributed by atoms with Crippen LogP contribution in [-0.2, 0) is 0 Å². The van der Waals surface area contributed by atoms with E-state index in [4.69, 9.17) is 14.7 Å². The molecule has 6 heteroatoms. The number of nitrogens with one attached hydrogen (secondary N) is 1. The van der Waals surface area contributed by atoms with Gasteiger partial charge in [0.15, 0.2) is 11.5 Å².